The highest BCUT2D eigenvalue weighted by Crippen LogP contribution is 2.21. The van der Waals surface area contributed by atoms with E-state index in [2.05, 4.69) is 27.2 Å². The van der Waals surface area contributed by atoms with Crippen molar-refractivity contribution in [1.82, 2.24) is 5.32 Å². The van der Waals surface area contributed by atoms with Crippen LogP contribution in [-0.2, 0) is 0 Å². The van der Waals surface area contributed by atoms with Gasteiger partial charge in [-0.25, -0.2) is 0 Å². The lowest BCUT2D eigenvalue weighted by atomic mass is 10.2. The zero-order chi connectivity index (χ0) is 12.0. The quantitative estimate of drug-likeness (QED) is 0.657. The van der Waals surface area contributed by atoms with Crippen LogP contribution >= 0.6 is 15.9 Å². The Morgan fingerprint density at radius 1 is 1.56 bits per heavy atom. The Balaban J connectivity index is 2.59. The van der Waals surface area contributed by atoms with E-state index < -0.39 is 0 Å². The summed E-state index contributed by atoms with van der Waals surface area (Å²) in [4.78, 5) is 11.6. The Hall–Kier alpha value is -1.47. The number of amides is 1. The number of rotatable bonds is 4. The molecule has 0 saturated heterocycles. The van der Waals surface area contributed by atoms with Crippen LogP contribution in [0.1, 0.15) is 23.2 Å². The third-order valence-corrected chi connectivity index (χ3v) is 2.48. The highest BCUT2D eigenvalue weighted by molar-refractivity contribution is 9.10. The zero-order valence-corrected chi connectivity index (χ0v) is 10.3. The molecule has 0 atom stereocenters. The number of phenolic OH excluding ortho intramolecular Hbond substituents is 1. The molecule has 0 bridgehead atoms. The van der Waals surface area contributed by atoms with Gasteiger partial charge in [0.15, 0.2) is 0 Å². The van der Waals surface area contributed by atoms with Crippen LogP contribution in [0.5, 0.6) is 5.75 Å². The average molecular weight is 282 g/mol. The normalized spacial score (nSPS) is 9.50. The van der Waals surface area contributed by atoms with Gasteiger partial charge in [-0.05, 0) is 24.6 Å². The summed E-state index contributed by atoms with van der Waals surface area (Å²) >= 11 is 3.24. The molecule has 3 nitrogen and oxygen atoms in total. The van der Waals surface area contributed by atoms with Crippen LogP contribution in [0.3, 0.4) is 0 Å². The van der Waals surface area contributed by atoms with Gasteiger partial charge in [0.2, 0.25) is 0 Å². The molecule has 0 heterocycles. The standard InChI is InChI=1S/C12H12BrNO2/c1-2-3-4-7-14-12(16)10-8-9(13)5-6-11(10)15/h1,5-6,8,15H,3-4,7H2,(H,14,16). The van der Waals surface area contributed by atoms with Crippen molar-refractivity contribution in [2.45, 2.75) is 12.8 Å². The lowest BCUT2D eigenvalue weighted by Crippen LogP contribution is -2.24. The van der Waals surface area contributed by atoms with Crippen molar-refractivity contribution in [3.05, 3.63) is 28.2 Å². The van der Waals surface area contributed by atoms with Crippen molar-refractivity contribution < 1.29 is 9.90 Å². The number of halogens is 1. The molecule has 2 N–H and O–H groups in total. The van der Waals surface area contributed by atoms with Gasteiger partial charge in [-0.1, -0.05) is 15.9 Å². The van der Waals surface area contributed by atoms with Crippen LogP contribution in [0.2, 0.25) is 0 Å². The SMILES string of the molecule is C#CCCCNC(=O)c1cc(Br)ccc1O. The molecule has 1 aromatic rings. The second kappa shape index (κ2) is 6.19. The van der Waals surface area contributed by atoms with Crippen LogP contribution in [0.25, 0.3) is 0 Å². The molecule has 0 radical (unpaired) electrons. The smallest absolute Gasteiger partial charge is 0.255 e. The molecule has 0 aliphatic carbocycles. The van der Waals surface area contributed by atoms with Crippen molar-refractivity contribution in [2.24, 2.45) is 0 Å². The number of nitrogens with one attached hydrogen (secondary N) is 1. The molecule has 0 spiro atoms. The Labute approximate surface area is 103 Å². The van der Waals surface area contributed by atoms with Gasteiger partial charge in [-0.3, -0.25) is 4.79 Å². The van der Waals surface area contributed by atoms with Crippen LogP contribution in [0, 0.1) is 12.3 Å². The van der Waals surface area contributed by atoms with Gasteiger partial charge in [-0.15, -0.1) is 12.3 Å². The van der Waals surface area contributed by atoms with Crippen molar-refractivity contribution in [2.75, 3.05) is 6.54 Å². The fourth-order valence-electron chi connectivity index (χ4n) is 1.18. The van der Waals surface area contributed by atoms with Gasteiger partial charge in [0.25, 0.3) is 5.91 Å². The van der Waals surface area contributed by atoms with Crippen LogP contribution in [0.4, 0.5) is 0 Å². The topological polar surface area (TPSA) is 49.3 Å². The van der Waals surface area contributed by atoms with E-state index in [1.54, 1.807) is 12.1 Å². The van der Waals surface area contributed by atoms with Crippen LogP contribution < -0.4 is 5.32 Å². The van der Waals surface area contributed by atoms with E-state index in [-0.39, 0.29) is 17.2 Å². The summed E-state index contributed by atoms with van der Waals surface area (Å²) < 4.78 is 0.749. The predicted molar refractivity (Wildman–Crippen MR) is 66.2 cm³/mol. The molecule has 1 rings (SSSR count). The zero-order valence-electron chi connectivity index (χ0n) is 8.66. The Morgan fingerprint density at radius 2 is 2.31 bits per heavy atom. The van der Waals surface area contributed by atoms with Gasteiger partial charge < -0.3 is 10.4 Å². The lowest BCUT2D eigenvalue weighted by molar-refractivity contribution is 0.0950. The maximum Gasteiger partial charge on any atom is 0.255 e. The average Bonchev–Trinajstić information content (AvgIpc) is 2.27. The first-order chi connectivity index (χ1) is 7.65. The number of aromatic hydroxyl groups is 1. The Morgan fingerprint density at radius 3 is 3.00 bits per heavy atom. The third-order valence-electron chi connectivity index (χ3n) is 1.99. The number of unbranched alkanes of at least 4 members (excludes halogenated alkanes) is 1. The molecule has 0 fully saturated rings. The number of benzene rings is 1. The summed E-state index contributed by atoms with van der Waals surface area (Å²) in [6.07, 6.45) is 6.45. The minimum Gasteiger partial charge on any atom is -0.507 e. The largest absolute Gasteiger partial charge is 0.507 e. The van der Waals surface area contributed by atoms with E-state index in [1.807, 2.05) is 0 Å². The molecule has 16 heavy (non-hydrogen) atoms. The number of phenols is 1. The number of hydrogen-bond donors (Lipinski definition) is 2. The predicted octanol–water partition coefficient (Wildman–Crippen LogP) is 2.30. The first-order valence-corrected chi connectivity index (χ1v) is 5.64. The van der Waals surface area contributed by atoms with Crippen molar-refractivity contribution in [1.29, 1.82) is 0 Å². The minimum absolute atomic E-state index is 0.0300. The van der Waals surface area contributed by atoms with E-state index in [4.69, 9.17) is 6.42 Å². The van der Waals surface area contributed by atoms with E-state index in [1.165, 1.54) is 6.07 Å². The number of carbonyl (C=O) groups excluding carboxylic acids is 1. The molecule has 84 valence electrons. The summed E-state index contributed by atoms with van der Waals surface area (Å²) in [5, 5.41) is 12.2. The molecular formula is C12H12BrNO2. The fraction of sp³-hybridized carbons (Fsp3) is 0.250. The van der Waals surface area contributed by atoms with E-state index in [0.29, 0.717) is 13.0 Å². The van der Waals surface area contributed by atoms with Gasteiger partial charge in [0.1, 0.15) is 5.75 Å². The van der Waals surface area contributed by atoms with Gasteiger partial charge in [0, 0.05) is 17.4 Å². The van der Waals surface area contributed by atoms with Crippen LogP contribution in [-0.4, -0.2) is 17.6 Å². The van der Waals surface area contributed by atoms with Crippen LogP contribution in [0.15, 0.2) is 22.7 Å². The molecule has 0 aromatic heterocycles. The maximum atomic E-state index is 11.6. The van der Waals surface area contributed by atoms with E-state index in [9.17, 15) is 9.90 Å². The van der Waals surface area contributed by atoms with Crippen molar-refractivity contribution in [3.8, 4) is 18.1 Å². The fourth-order valence-corrected chi connectivity index (χ4v) is 1.54. The second-order valence-electron chi connectivity index (χ2n) is 3.23. The Kier molecular flexibility index (Phi) is 4.87. The monoisotopic (exact) mass is 281 g/mol. The summed E-state index contributed by atoms with van der Waals surface area (Å²) in [5.41, 5.74) is 0.259. The molecule has 0 aliphatic heterocycles. The van der Waals surface area contributed by atoms with Crippen molar-refractivity contribution >= 4 is 21.8 Å². The number of terminal acetylenes is 1. The highest BCUT2D eigenvalue weighted by atomic mass is 79.9. The third kappa shape index (κ3) is 3.59. The second-order valence-corrected chi connectivity index (χ2v) is 4.14. The molecule has 1 amide bonds. The van der Waals surface area contributed by atoms with E-state index in [0.717, 1.165) is 10.9 Å². The highest BCUT2D eigenvalue weighted by Gasteiger charge is 2.10. The summed E-state index contributed by atoms with van der Waals surface area (Å²) in [6, 6.07) is 4.72. The minimum atomic E-state index is -0.296. The number of hydrogen-bond acceptors (Lipinski definition) is 2. The molecule has 1 aromatic carbocycles. The molecule has 0 aliphatic rings. The molecule has 4 heteroatoms. The number of carbonyl (C=O) groups is 1. The van der Waals surface area contributed by atoms with Gasteiger partial charge in [0.05, 0.1) is 5.56 Å². The molecule has 0 saturated carbocycles. The van der Waals surface area contributed by atoms with E-state index >= 15 is 0 Å². The van der Waals surface area contributed by atoms with Crippen molar-refractivity contribution in [3.63, 3.8) is 0 Å². The first kappa shape index (κ1) is 12.6. The summed E-state index contributed by atoms with van der Waals surface area (Å²) in [6.45, 7) is 0.509. The first-order valence-electron chi connectivity index (χ1n) is 4.85. The summed E-state index contributed by atoms with van der Waals surface area (Å²) in [5.74, 6) is 2.17. The van der Waals surface area contributed by atoms with Gasteiger partial charge in [-0.2, -0.15) is 0 Å². The van der Waals surface area contributed by atoms with Gasteiger partial charge >= 0.3 is 0 Å². The summed E-state index contributed by atoms with van der Waals surface area (Å²) in [7, 11) is 0. The molecular weight excluding hydrogens is 270 g/mol. The molecule has 0 unspecified atom stereocenters. The lowest BCUT2D eigenvalue weighted by Gasteiger charge is -2.06. The maximum absolute atomic E-state index is 11.6. The Bertz CT molecular complexity index is 424.